The molecule has 0 saturated carbocycles. The Morgan fingerprint density at radius 3 is 2.13 bits per heavy atom. The van der Waals surface area contributed by atoms with Gasteiger partial charge in [-0.15, -0.1) is 0 Å². The zero-order valence-corrected chi connectivity index (χ0v) is 71.4. The first kappa shape index (κ1) is 91.7. The predicted octanol–water partition coefficient (Wildman–Crippen LogP) is 5.77. The number of nitrogens with one attached hydrogen (secondary N) is 4. The lowest BCUT2D eigenvalue weighted by Gasteiger charge is -2.47. The number of ketones is 1. The normalized spacial score (nSPS) is 29.2. The summed E-state index contributed by atoms with van der Waals surface area (Å²) in [5, 5.41) is 66.7. The molecular formula is C82H101IN6O26S3. The molecule has 19 atom stereocenters. The number of rotatable bonds is 35. The van der Waals surface area contributed by atoms with E-state index < -0.39 is 145 Å². The number of pyridine rings is 1. The van der Waals surface area contributed by atoms with Gasteiger partial charge in [-0.25, -0.2) is 14.6 Å². The highest BCUT2D eigenvalue weighted by Gasteiger charge is 2.53. The number of hydrogen-bond acceptors (Lipinski definition) is 32. The molecule has 4 aromatic rings. The molecule has 9 N–H and O–H groups in total. The van der Waals surface area contributed by atoms with Crippen molar-refractivity contribution in [3.05, 3.63) is 134 Å². The monoisotopic (exact) mass is 1810 g/mol. The maximum atomic E-state index is 14.6. The van der Waals surface area contributed by atoms with Crippen molar-refractivity contribution in [2.45, 2.75) is 180 Å². The van der Waals surface area contributed by atoms with E-state index in [1.807, 2.05) is 70.8 Å². The molecule has 640 valence electrons. The Kier molecular flexibility index (Phi) is 33.9. The minimum absolute atomic E-state index is 0.000565. The number of hydroxylamine groups is 1. The number of carbonyl (C=O) groups is 5. The van der Waals surface area contributed by atoms with E-state index in [0.29, 0.717) is 20.7 Å². The molecule has 1 aromatic heterocycles. The van der Waals surface area contributed by atoms with Crippen LogP contribution in [0, 0.1) is 34.2 Å². The number of allylic oxidation sites excluding steroid dienone is 3. The first-order valence-corrected chi connectivity index (χ1v) is 42.8. The second-order valence-electron chi connectivity index (χ2n) is 28.4. The fourth-order valence-electron chi connectivity index (χ4n) is 14.9. The molecule has 4 aliphatic heterocycles. The van der Waals surface area contributed by atoms with Gasteiger partial charge in [-0.1, -0.05) is 114 Å². The number of alkyl carbamates (subject to hydrolysis) is 2. The number of hydrogen-bond donors (Lipinski definition) is 9. The lowest BCUT2D eigenvalue weighted by molar-refractivity contribution is -0.337. The number of halogens is 1. The van der Waals surface area contributed by atoms with Crippen molar-refractivity contribution in [1.82, 2.24) is 31.3 Å². The van der Waals surface area contributed by atoms with Gasteiger partial charge < -0.3 is 107 Å². The van der Waals surface area contributed by atoms with Gasteiger partial charge in [-0.2, -0.15) is 5.48 Å². The Bertz CT molecular complexity index is 4320. The molecule has 11 rings (SSSR count). The van der Waals surface area contributed by atoms with E-state index in [0.717, 1.165) is 41.1 Å². The molecule has 32 nitrogen and oxygen atoms in total. The maximum Gasteiger partial charge on any atom is 0.411 e. The van der Waals surface area contributed by atoms with E-state index in [1.54, 1.807) is 46.0 Å². The summed E-state index contributed by atoms with van der Waals surface area (Å²) in [7, 11) is 9.39. The largest absolute Gasteiger partial charge is 0.492 e. The third kappa shape index (κ3) is 22.2. The number of aliphatic hydroxyl groups excluding tert-OH is 4. The summed E-state index contributed by atoms with van der Waals surface area (Å²) in [5.74, 6) is 10.8. The molecule has 7 aliphatic rings. The van der Waals surface area contributed by atoms with Gasteiger partial charge in [0.05, 0.1) is 130 Å². The van der Waals surface area contributed by atoms with Crippen molar-refractivity contribution in [2.75, 3.05) is 107 Å². The number of likely N-dealkylation sites (N-methyl/N-ethyl adjacent to an activating group) is 1. The topological polar surface area (TPSA) is 398 Å². The second-order valence-corrected chi connectivity index (χ2v) is 33.0. The fraction of sp³-hybridized carbons (Fsp3) is 0.537. The standard InChI is InChI=1S/C82H101IN6O26S3/c1-11-89(41-59(92)84-31-33-105-35-36-106-34-32-86-80(97)108-42-52-50-24-17-15-22-48(50)49-23-16-18-25-51(49)52)54-43-107-61(39-58(54)100-6)113-74-69(94)66(45(3)110-79(74)112-57-26-14-12-13-20-29-82(99)40-56(91)67(87-81(98)104-10)64(57)53(82)28-37-116-118-60-27-19-21-30-85-60)88-115-62-38-55(90)76(47(5)109-62)117-77(96)63-44(2)65(83)72(75(103-9)71(63)101-7)114-78-70(95)73(102-8)68(93)46(4)111-78/h12-13,15-19,21-25,27-28,30,45-47,52,54-55,57-58,61-62,66,68-70,73-74,76,78-79,88,90,93-95,99H,11,31-43H2,1-10H3,(H,84,92)(H,86,97)(H,87,98)/b13-12-,53-28+/t45-,46+,47-,54+,55+,57+,58+,61+,62+,66-,68+,69+,70-,73-,74-,76-,78+,79+,82+/m1/s1. The molecule has 4 saturated heterocycles. The van der Waals surface area contributed by atoms with Gasteiger partial charge in [-0.3, -0.25) is 29.4 Å². The average molecular weight is 1810 g/mol. The van der Waals surface area contributed by atoms with Crippen LogP contribution in [0.3, 0.4) is 0 Å². The Hall–Kier alpha value is -7.04. The lowest BCUT2D eigenvalue weighted by Crippen LogP contribution is -2.65. The molecule has 3 amide bonds. The van der Waals surface area contributed by atoms with E-state index in [1.165, 1.54) is 62.2 Å². The summed E-state index contributed by atoms with van der Waals surface area (Å²) in [6.07, 6.45) is -14.6. The number of benzene rings is 3. The Labute approximate surface area is 710 Å². The summed E-state index contributed by atoms with van der Waals surface area (Å²) in [5.41, 5.74) is 5.44. The van der Waals surface area contributed by atoms with Crippen molar-refractivity contribution in [1.29, 1.82) is 0 Å². The van der Waals surface area contributed by atoms with Crippen LogP contribution < -0.4 is 35.6 Å². The highest BCUT2D eigenvalue weighted by atomic mass is 127. The summed E-state index contributed by atoms with van der Waals surface area (Å²) in [6.45, 7) is 10.3. The maximum absolute atomic E-state index is 14.6. The minimum atomic E-state index is -2.17. The van der Waals surface area contributed by atoms with Gasteiger partial charge in [0.15, 0.2) is 41.8 Å². The number of fused-ring (bicyclic) bond motifs is 5. The third-order valence-corrected chi connectivity index (χ3v) is 25.8. The van der Waals surface area contributed by atoms with Crippen LogP contribution in [-0.2, 0) is 71.3 Å². The summed E-state index contributed by atoms with van der Waals surface area (Å²) < 4.78 is 90.9. The average Bonchev–Trinajstić information content (AvgIpc) is 0.941. The molecule has 3 aliphatic carbocycles. The van der Waals surface area contributed by atoms with Crippen LogP contribution >= 0.6 is 55.9 Å². The molecular weight excluding hydrogens is 1710 g/mol. The first-order chi connectivity index (χ1) is 56.9. The van der Waals surface area contributed by atoms with Crippen LogP contribution in [0.25, 0.3) is 11.1 Å². The summed E-state index contributed by atoms with van der Waals surface area (Å²) in [4.78, 5) is 81.1. The van der Waals surface area contributed by atoms with Crippen molar-refractivity contribution < 1.29 is 125 Å². The summed E-state index contributed by atoms with van der Waals surface area (Å²) >= 11 is 2.79. The molecule has 2 bridgehead atoms. The highest BCUT2D eigenvalue weighted by Crippen LogP contribution is 2.50. The number of methoxy groups -OCH3 is 5. The van der Waals surface area contributed by atoms with E-state index in [-0.39, 0.29) is 129 Å². The Morgan fingerprint density at radius 1 is 0.763 bits per heavy atom. The molecule has 0 unspecified atom stereocenters. The van der Waals surface area contributed by atoms with Gasteiger partial charge in [0, 0.05) is 69.2 Å². The lowest BCUT2D eigenvalue weighted by atomic mass is 9.75. The summed E-state index contributed by atoms with van der Waals surface area (Å²) in [6, 6.07) is 20.0. The van der Waals surface area contributed by atoms with Crippen LogP contribution in [-0.4, -0.2) is 287 Å². The van der Waals surface area contributed by atoms with Crippen molar-refractivity contribution in [2.24, 2.45) is 0 Å². The van der Waals surface area contributed by atoms with Gasteiger partial charge in [0.25, 0.3) is 0 Å². The van der Waals surface area contributed by atoms with Crippen LogP contribution in [0.5, 0.6) is 17.2 Å². The highest BCUT2D eigenvalue weighted by molar-refractivity contribution is 14.1. The number of aromatic nitrogens is 1. The molecule has 4 fully saturated rings. The van der Waals surface area contributed by atoms with Gasteiger partial charge in [0.1, 0.15) is 48.3 Å². The SMILES string of the molecule is CCN(CC(=O)NCCOCCOCCNC(=O)OCC1c2ccccc2-c2ccccc21)[C@H]1CO[C@@H](O[C@H]2[C@H](O[C@H]3C#C/C=C\C#C[C@]4(O)CC(=O)C(NC(=O)OC)=C3/C4=C\CSSc3ccccn3)O[C@H](C)[C@@H](NO[C@H]3C[C@H](O)[C@H](SC(=O)c4c(C)c(I)c(O[C@@H]5O[C@@H](C)[C@H](O)[C@@H](OC)[C@H]5O)c(OC)c4OC)[C@@H](C)O3)[C@@H]2O)C[C@@H]1OC. The minimum Gasteiger partial charge on any atom is -0.492 e. The smallest absolute Gasteiger partial charge is 0.411 e. The number of amides is 3. The Morgan fingerprint density at radius 2 is 1.46 bits per heavy atom. The van der Waals surface area contributed by atoms with E-state index in [2.05, 4.69) is 74.4 Å². The van der Waals surface area contributed by atoms with Gasteiger partial charge >= 0.3 is 12.2 Å². The quantitative estimate of drug-likeness (QED) is 0.00867. The van der Waals surface area contributed by atoms with Crippen molar-refractivity contribution >= 4 is 84.9 Å². The van der Waals surface area contributed by atoms with Crippen molar-refractivity contribution in [3.8, 4) is 52.1 Å². The van der Waals surface area contributed by atoms with Gasteiger partial charge in [0.2, 0.25) is 23.1 Å². The number of Topliss-reactive ketones (excluding diaryl/α,β-unsaturated/α-hetero) is 1. The van der Waals surface area contributed by atoms with E-state index >= 15 is 0 Å². The number of thioether (sulfide) groups is 1. The number of aliphatic hydroxyl groups is 5. The number of nitrogens with zero attached hydrogens (tertiary/aromatic N) is 2. The number of ether oxygens (including phenoxy) is 15. The zero-order chi connectivity index (χ0) is 84.3. The zero-order valence-electron chi connectivity index (χ0n) is 66.8. The Balaban J connectivity index is 0.743. The molecule has 118 heavy (non-hydrogen) atoms. The van der Waals surface area contributed by atoms with E-state index in [4.69, 9.17) is 75.9 Å². The third-order valence-electron chi connectivity index (χ3n) is 21.0. The molecule has 0 spiro atoms. The molecule has 36 heteroatoms. The van der Waals surface area contributed by atoms with Crippen molar-refractivity contribution in [3.63, 3.8) is 0 Å². The molecule has 0 radical (unpaired) electrons. The molecule has 5 heterocycles. The predicted molar refractivity (Wildman–Crippen MR) is 440 cm³/mol. The fourth-order valence-corrected chi connectivity index (χ4v) is 18.4. The second kappa shape index (κ2) is 43.6. The van der Waals surface area contributed by atoms with Crippen LogP contribution in [0.1, 0.15) is 79.9 Å². The van der Waals surface area contributed by atoms with Gasteiger partial charge in [-0.05, 0) is 120 Å². The number of carbonyl (C=O) groups excluding carboxylic acids is 5. The van der Waals surface area contributed by atoms with Crippen LogP contribution in [0.2, 0.25) is 0 Å². The first-order valence-electron chi connectivity index (χ1n) is 38.5. The van der Waals surface area contributed by atoms with Crippen LogP contribution in [0.4, 0.5) is 9.59 Å². The van der Waals surface area contributed by atoms with Crippen LogP contribution in [0.15, 0.2) is 113 Å². The molecule has 3 aromatic carbocycles. The van der Waals surface area contributed by atoms with E-state index in [9.17, 15) is 49.5 Å².